The summed E-state index contributed by atoms with van der Waals surface area (Å²) in [6.45, 7) is 8.46. The van der Waals surface area contributed by atoms with E-state index in [-0.39, 0.29) is 12.8 Å². The number of carbonyl (C=O) groups is 2. The SMILES string of the molecule is C[Si](C)(C)O[Si](C)(CCCC(=O)O)CCCC(=O)O. The number of hydrogen-bond acceptors (Lipinski definition) is 3. The van der Waals surface area contributed by atoms with Crippen LogP contribution in [0.5, 0.6) is 0 Å². The van der Waals surface area contributed by atoms with Gasteiger partial charge in [0.1, 0.15) is 0 Å². The maximum absolute atomic E-state index is 10.6. The average Bonchev–Trinajstić information content (AvgIpc) is 2.12. The molecule has 0 spiro atoms. The van der Waals surface area contributed by atoms with Crippen LogP contribution in [0.25, 0.3) is 0 Å². The normalized spacial score (nSPS) is 12.4. The van der Waals surface area contributed by atoms with Crippen LogP contribution in [0.3, 0.4) is 0 Å². The molecule has 0 aromatic heterocycles. The lowest BCUT2D eigenvalue weighted by Gasteiger charge is -2.34. The summed E-state index contributed by atoms with van der Waals surface area (Å²) in [6, 6.07) is 1.59. The van der Waals surface area contributed by atoms with Gasteiger partial charge in [-0.2, -0.15) is 0 Å². The van der Waals surface area contributed by atoms with Gasteiger partial charge in [-0.3, -0.25) is 9.59 Å². The minimum atomic E-state index is -1.98. The van der Waals surface area contributed by atoms with Gasteiger partial charge >= 0.3 is 11.9 Å². The molecular weight excluding hydrogens is 280 g/mol. The van der Waals surface area contributed by atoms with Crippen LogP contribution < -0.4 is 0 Å². The van der Waals surface area contributed by atoms with Crippen LogP contribution in [0.2, 0.25) is 38.3 Å². The van der Waals surface area contributed by atoms with Crippen LogP contribution in [-0.2, 0) is 13.7 Å². The van der Waals surface area contributed by atoms with Crippen LogP contribution in [0, 0.1) is 0 Å². The van der Waals surface area contributed by atoms with Gasteiger partial charge in [-0.05, 0) is 51.1 Å². The second-order valence-electron chi connectivity index (χ2n) is 6.16. The highest BCUT2D eigenvalue weighted by atomic mass is 28.4. The third-order valence-electron chi connectivity index (χ3n) is 2.75. The topological polar surface area (TPSA) is 83.8 Å². The third-order valence-corrected chi connectivity index (χ3v) is 9.99. The predicted octanol–water partition coefficient (Wildman–Crippen LogP) is 3.14. The van der Waals surface area contributed by atoms with Crippen molar-refractivity contribution < 1.29 is 23.9 Å². The maximum Gasteiger partial charge on any atom is 0.303 e. The second-order valence-corrected chi connectivity index (χ2v) is 15.1. The molecule has 0 rings (SSSR count). The summed E-state index contributed by atoms with van der Waals surface area (Å²) in [6.07, 6.45) is 1.57. The molecular formula is C12H26O5Si2. The van der Waals surface area contributed by atoms with E-state index in [2.05, 4.69) is 26.2 Å². The predicted molar refractivity (Wildman–Crippen MR) is 79.4 cm³/mol. The van der Waals surface area contributed by atoms with E-state index in [1.165, 1.54) is 0 Å². The number of carboxylic acid groups (broad SMARTS) is 2. The standard InChI is InChI=1S/C12H26O5Si2/c1-18(2,3)17-19(4,9-5-7-11(13)14)10-6-8-12(15)16/h5-10H2,1-4H3,(H,13,14)(H,15,16). The molecule has 0 aromatic carbocycles. The van der Waals surface area contributed by atoms with E-state index in [0.717, 1.165) is 12.1 Å². The Bertz CT molecular complexity index is 292. The first kappa shape index (κ1) is 18.3. The fourth-order valence-electron chi connectivity index (χ4n) is 2.19. The summed E-state index contributed by atoms with van der Waals surface area (Å²) in [4.78, 5) is 21.2. The fourth-order valence-corrected chi connectivity index (χ4v) is 11.0. The van der Waals surface area contributed by atoms with E-state index in [1.54, 1.807) is 0 Å². The maximum atomic E-state index is 10.6. The first-order valence-electron chi connectivity index (χ1n) is 6.68. The lowest BCUT2D eigenvalue weighted by Crippen LogP contribution is -2.44. The highest BCUT2D eigenvalue weighted by Crippen LogP contribution is 2.26. The van der Waals surface area contributed by atoms with E-state index in [9.17, 15) is 9.59 Å². The van der Waals surface area contributed by atoms with E-state index >= 15 is 0 Å². The Morgan fingerprint density at radius 1 is 0.895 bits per heavy atom. The lowest BCUT2D eigenvalue weighted by molar-refractivity contribution is -0.138. The van der Waals surface area contributed by atoms with Crippen molar-refractivity contribution in [3.8, 4) is 0 Å². The molecule has 0 aliphatic rings. The van der Waals surface area contributed by atoms with Crippen molar-refractivity contribution in [1.29, 1.82) is 0 Å². The molecule has 0 fully saturated rings. The van der Waals surface area contributed by atoms with E-state index in [0.29, 0.717) is 12.8 Å². The van der Waals surface area contributed by atoms with Gasteiger partial charge in [-0.15, -0.1) is 0 Å². The summed E-state index contributed by atoms with van der Waals surface area (Å²) in [7, 11) is -3.66. The van der Waals surface area contributed by atoms with Crippen molar-refractivity contribution >= 4 is 28.6 Å². The second kappa shape index (κ2) is 7.81. The molecule has 2 N–H and O–H groups in total. The number of hydrogen-bond donors (Lipinski definition) is 2. The fraction of sp³-hybridized carbons (Fsp3) is 0.833. The minimum Gasteiger partial charge on any atom is -0.481 e. The lowest BCUT2D eigenvalue weighted by atomic mass is 10.3. The Hall–Kier alpha value is -0.666. The Balaban J connectivity index is 4.43. The van der Waals surface area contributed by atoms with Gasteiger partial charge in [0.05, 0.1) is 0 Å². The molecule has 0 heterocycles. The zero-order valence-corrected chi connectivity index (χ0v) is 14.4. The molecule has 19 heavy (non-hydrogen) atoms. The molecule has 0 saturated heterocycles. The largest absolute Gasteiger partial charge is 0.481 e. The van der Waals surface area contributed by atoms with Crippen LogP contribution in [0.1, 0.15) is 25.7 Å². The van der Waals surface area contributed by atoms with Gasteiger partial charge < -0.3 is 14.3 Å². The van der Waals surface area contributed by atoms with E-state index in [1.807, 2.05) is 0 Å². The van der Waals surface area contributed by atoms with Gasteiger partial charge in [0.25, 0.3) is 0 Å². The zero-order chi connectivity index (χ0) is 15.1. The molecule has 0 saturated carbocycles. The zero-order valence-electron chi connectivity index (χ0n) is 12.4. The molecule has 0 aliphatic carbocycles. The van der Waals surface area contributed by atoms with Gasteiger partial charge in [-0.1, -0.05) is 0 Å². The van der Waals surface area contributed by atoms with Crippen molar-refractivity contribution in [2.75, 3.05) is 0 Å². The van der Waals surface area contributed by atoms with Gasteiger partial charge in [0, 0.05) is 12.8 Å². The average molecular weight is 307 g/mol. The highest BCUT2D eigenvalue weighted by molar-refractivity contribution is 6.84. The summed E-state index contributed by atoms with van der Waals surface area (Å²) < 4.78 is 6.28. The van der Waals surface area contributed by atoms with Crippen LogP contribution in [0.4, 0.5) is 0 Å². The molecule has 112 valence electrons. The molecule has 0 unspecified atom stereocenters. The molecule has 0 atom stereocenters. The molecule has 0 amide bonds. The molecule has 0 aromatic rings. The van der Waals surface area contributed by atoms with Gasteiger partial charge in [-0.25, -0.2) is 0 Å². The number of rotatable bonds is 10. The Morgan fingerprint density at radius 3 is 1.53 bits per heavy atom. The first-order chi connectivity index (χ1) is 8.54. The first-order valence-corrected chi connectivity index (χ1v) is 12.9. The molecule has 0 bridgehead atoms. The molecule has 5 nitrogen and oxygen atoms in total. The quantitative estimate of drug-likeness (QED) is 0.606. The molecule has 0 aliphatic heterocycles. The van der Waals surface area contributed by atoms with Gasteiger partial charge in [0.2, 0.25) is 0 Å². The molecule has 0 radical (unpaired) electrons. The van der Waals surface area contributed by atoms with Crippen molar-refractivity contribution in [2.24, 2.45) is 0 Å². The van der Waals surface area contributed by atoms with Crippen LogP contribution in [0.15, 0.2) is 0 Å². The highest BCUT2D eigenvalue weighted by Gasteiger charge is 2.33. The Labute approximate surface area is 117 Å². The van der Waals surface area contributed by atoms with Crippen LogP contribution >= 0.6 is 0 Å². The van der Waals surface area contributed by atoms with Gasteiger partial charge in [0.15, 0.2) is 16.6 Å². The van der Waals surface area contributed by atoms with Crippen molar-refractivity contribution in [1.82, 2.24) is 0 Å². The monoisotopic (exact) mass is 306 g/mol. The Kier molecular flexibility index (Phi) is 7.54. The van der Waals surface area contributed by atoms with E-state index in [4.69, 9.17) is 14.3 Å². The smallest absolute Gasteiger partial charge is 0.303 e. The minimum absolute atomic E-state index is 0.163. The summed E-state index contributed by atoms with van der Waals surface area (Å²) in [5.74, 6) is -1.57. The van der Waals surface area contributed by atoms with Crippen molar-refractivity contribution in [3.05, 3.63) is 0 Å². The van der Waals surface area contributed by atoms with Crippen molar-refractivity contribution in [3.63, 3.8) is 0 Å². The Morgan fingerprint density at radius 2 is 1.26 bits per heavy atom. The third kappa shape index (κ3) is 10.9. The summed E-state index contributed by atoms with van der Waals surface area (Å²) in [5, 5.41) is 17.4. The van der Waals surface area contributed by atoms with E-state index < -0.39 is 28.6 Å². The molecule has 7 heteroatoms. The van der Waals surface area contributed by atoms with Crippen molar-refractivity contribution in [2.45, 2.75) is 64.0 Å². The number of carboxylic acids is 2. The summed E-state index contributed by atoms with van der Waals surface area (Å²) >= 11 is 0. The summed E-state index contributed by atoms with van der Waals surface area (Å²) in [5.41, 5.74) is 0. The van der Waals surface area contributed by atoms with Crippen LogP contribution in [-0.4, -0.2) is 38.8 Å². The number of aliphatic carboxylic acids is 2.